The lowest BCUT2D eigenvalue weighted by Crippen LogP contribution is -2.25. The number of unbranched alkanes of at least 4 members (excludes halogenated alkanes) is 1. The van der Waals surface area contributed by atoms with Crippen molar-refractivity contribution in [2.75, 3.05) is 18.9 Å². The first-order valence-corrected chi connectivity index (χ1v) is 7.51. The molecule has 0 spiro atoms. The molecule has 0 bridgehead atoms. The van der Waals surface area contributed by atoms with Crippen molar-refractivity contribution in [3.05, 3.63) is 29.8 Å². The Morgan fingerprint density at radius 2 is 2.19 bits per heavy atom. The molecule has 4 heteroatoms. The number of carbonyl (C=O) groups is 1. The van der Waals surface area contributed by atoms with Crippen LogP contribution in [0.2, 0.25) is 0 Å². The minimum Gasteiger partial charge on any atom is -0.491 e. The third kappa shape index (κ3) is 6.84. The van der Waals surface area contributed by atoms with E-state index in [0.717, 1.165) is 18.4 Å². The van der Waals surface area contributed by atoms with Gasteiger partial charge in [0.05, 0.1) is 12.3 Å². The highest BCUT2D eigenvalue weighted by Crippen LogP contribution is 2.23. The number of nitrogen functional groups attached to an aromatic ring is 1. The zero-order chi connectivity index (χ0) is 15.7. The number of ether oxygens (including phenoxy) is 1. The van der Waals surface area contributed by atoms with E-state index in [0.29, 0.717) is 30.5 Å². The Labute approximate surface area is 127 Å². The summed E-state index contributed by atoms with van der Waals surface area (Å²) in [5.74, 6) is 1.05. The number of rotatable bonds is 8. The fourth-order valence-corrected chi connectivity index (χ4v) is 1.66. The monoisotopic (exact) mass is 290 g/mol. The minimum atomic E-state index is -0.0921. The average molecular weight is 290 g/mol. The van der Waals surface area contributed by atoms with Gasteiger partial charge in [-0.05, 0) is 36.1 Å². The molecule has 4 nitrogen and oxygen atoms in total. The van der Waals surface area contributed by atoms with Crippen molar-refractivity contribution >= 4 is 17.7 Å². The van der Waals surface area contributed by atoms with Gasteiger partial charge < -0.3 is 15.8 Å². The second-order valence-electron chi connectivity index (χ2n) is 5.47. The van der Waals surface area contributed by atoms with Crippen LogP contribution in [0.5, 0.6) is 5.75 Å². The zero-order valence-corrected chi connectivity index (χ0v) is 13.2. The van der Waals surface area contributed by atoms with Gasteiger partial charge in [-0.15, -0.1) is 0 Å². The number of carbonyl (C=O) groups excluding carboxylic acids is 1. The summed E-state index contributed by atoms with van der Waals surface area (Å²) in [7, 11) is 0. The molecule has 0 atom stereocenters. The molecule has 1 aromatic rings. The maximum Gasteiger partial charge on any atom is 0.244 e. The van der Waals surface area contributed by atoms with Crippen LogP contribution in [0.25, 0.3) is 6.08 Å². The van der Waals surface area contributed by atoms with Gasteiger partial charge in [-0.2, -0.15) is 0 Å². The molecule has 116 valence electrons. The van der Waals surface area contributed by atoms with E-state index in [1.807, 2.05) is 18.2 Å². The van der Waals surface area contributed by atoms with Gasteiger partial charge in [0.15, 0.2) is 0 Å². The van der Waals surface area contributed by atoms with Crippen LogP contribution in [0.15, 0.2) is 24.3 Å². The summed E-state index contributed by atoms with van der Waals surface area (Å²) in [6.07, 6.45) is 5.37. The molecule has 0 saturated heterocycles. The molecule has 21 heavy (non-hydrogen) atoms. The number of amides is 1. The van der Waals surface area contributed by atoms with E-state index in [1.165, 1.54) is 6.08 Å². The van der Waals surface area contributed by atoms with Gasteiger partial charge in [0.25, 0.3) is 0 Å². The van der Waals surface area contributed by atoms with Crippen molar-refractivity contribution in [1.29, 1.82) is 0 Å². The van der Waals surface area contributed by atoms with Crippen molar-refractivity contribution in [1.82, 2.24) is 5.32 Å². The first-order valence-electron chi connectivity index (χ1n) is 7.51. The number of nitrogens with two attached hydrogens (primary N) is 1. The van der Waals surface area contributed by atoms with Crippen LogP contribution in [0.1, 0.15) is 39.2 Å². The Morgan fingerprint density at radius 1 is 1.43 bits per heavy atom. The van der Waals surface area contributed by atoms with Crippen molar-refractivity contribution in [3.8, 4) is 5.75 Å². The van der Waals surface area contributed by atoms with Crippen molar-refractivity contribution in [3.63, 3.8) is 0 Å². The number of hydrogen-bond acceptors (Lipinski definition) is 3. The van der Waals surface area contributed by atoms with Crippen molar-refractivity contribution in [2.45, 2.75) is 33.6 Å². The van der Waals surface area contributed by atoms with Gasteiger partial charge in [-0.3, -0.25) is 4.79 Å². The summed E-state index contributed by atoms with van der Waals surface area (Å²) < 4.78 is 5.59. The van der Waals surface area contributed by atoms with E-state index in [9.17, 15) is 4.79 Å². The van der Waals surface area contributed by atoms with Crippen molar-refractivity contribution < 1.29 is 9.53 Å². The second kappa shape index (κ2) is 9.06. The quantitative estimate of drug-likeness (QED) is 0.439. The number of hydrogen-bond donors (Lipinski definition) is 2. The first-order chi connectivity index (χ1) is 10.0. The number of benzene rings is 1. The third-order valence-electron chi connectivity index (χ3n) is 2.90. The second-order valence-corrected chi connectivity index (χ2v) is 5.47. The molecular weight excluding hydrogens is 264 g/mol. The molecule has 0 aliphatic rings. The molecule has 0 heterocycles. The molecule has 0 saturated carbocycles. The van der Waals surface area contributed by atoms with Gasteiger partial charge in [0.2, 0.25) is 5.91 Å². The molecule has 0 aliphatic carbocycles. The molecule has 1 amide bonds. The van der Waals surface area contributed by atoms with E-state index in [4.69, 9.17) is 10.5 Å². The Hall–Kier alpha value is -1.97. The largest absolute Gasteiger partial charge is 0.491 e. The Balaban J connectivity index is 2.56. The summed E-state index contributed by atoms with van der Waals surface area (Å²) in [6, 6.07) is 5.55. The van der Waals surface area contributed by atoms with Gasteiger partial charge in [-0.25, -0.2) is 0 Å². The molecule has 0 unspecified atom stereocenters. The smallest absolute Gasteiger partial charge is 0.244 e. The van der Waals surface area contributed by atoms with Crippen LogP contribution in [-0.4, -0.2) is 19.1 Å². The van der Waals surface area contributed by atoms with E-state index < -0.39 is 0 Å². The highest BCUT2D eigenvalue weighted by atomic mass is 16.5. The average Bonchev–Trinajstić information content (AvgIpc) is 2.45. The third-order valence-corrected chi connectivity index (χ3v) is 2.90. The fraction of sp³-hybridized carbons (Fsp3) is 0.471. The van der Waals surface area contributed by atoms with Gasteiger partial charge in [0.1, 0.15) is 5.75 Å². The Bertz CT molecular complexity index is 482. The number of nitrogens with one attached hydrogen (secondary N) is 1. The molecule has 1 aromatic carbocycles. The molecule has 0 aromatic heterocycles. The van der Waals surface area contributed by atoms with Crippen LogP contribution >= 0.6 is 0 Å². The summed E-state index contributed by atoms with van der Waals surface area (Å²) in [6.45, 7) is 7.58. The topological polar surface area (TPSA) is 64.3 Å². The molecule has 0 aliphatic heterocycles. The molecule has 0 radical (unpaired) electrons. The predicted octanol–water partition coefficient (Wildman–Crippen LogP) is 3.23. The van der Waals surface area contributed by atoms with E-state index in [-0.39, 0.29) is 5.91 Å². The van der Waals surface area contributed by atoms with E-state index >= 15 is 0 Å². The number of anilines is 1. The van der Waals surface area contributed by atoms with Crippen LogP contribution in [-0.2, 0) is 4.79 Å². The lowest BCUT2D eigenvalue weighted by atomic mass is 10.1. The maximum atomic E-state index is 11.6. The minimum absolute atomic E-state index is 0.0921. The van der Waals surface area contributed by atoms with Crippen LogP contribution < -0.4 is 15.8 Å². The van der Waals surface area contributed by atoms with Crippen LogP contribution in [0.3, 0.4) is 0 Å². The van der Waals surface area contributed by atoms with Crippen molar-refractivity contribution in [2.24, 2.45) is 5.92 Å². The highest BCUT2D eigenvalue weighted by Gasteiger charge is 2.01. The first kappa shape index (κ1) is 17.1. The molecular formula is C17H26N2O2. The van der Waals surface area contributed by atoms with Gasteiger partial charge in [-0.1, -0.05) is 33.3 Å². The molecule has 1 rings (SSSR count). The Morgan fingerprint density at radius 3 is 2.81 bits per heavy atom. The zero-order valence-electron chi connectivity index (χ0n) is 13.2. The van der Waals surface area contributed by atoms with Crippen LogP contribution in [0, 0.1) is 5.92 Å². The molecule has 0 fully saturated rings. The standard InChI is InChI=1S/C17H26N2O2/c1-4-5-10-21-16-8-6-14(11-15(16)18)7-9-17(20)19-12-13(2)3/h6-9,11,13H,4-5,10,12,18H2,1-3H3,(H,19,20)/b9-7-. The fourth-order valence-electron chi connectivity index (χ4n) is 1.66. The lowest BCUT2D eigenvalue weighted by molar-refractivity contribution is -0.116. The summed E-state index contributed by atoms with van der Waals surface area (Å²) in [5.41, 5.74) is 7.43. The lowest BCUT2D eigenvalue weighted by Gasteiger charge is -2.09. The highest BCUT2D eigenvalue weighted by molar-refractivity contribution is 5.91. The van der Waals surface area contributed by atoms with Gasteiger partial charge >= 0.3 is 0 Å². The summed E-state index contributed by atoms with van der Waals surface area (Å²) in [4.78, 5) is 11.6. The maximum absolute atomic E-state index is 11.6. The van der Waals surface area contributed by atoms with E-state index in [1.54, 1.807) is 6.08 Å². The normalized spacial score (nSPS) is 11.0. The predicted molar refractivity (Wildman–Crippen MR) is 88.1 cm³/mol. The van der Waals surface area contributed by atoms with Gasteiger partial charge in [0, 0.05) is 12.6 Å². The van der Waals surface area contributed by atoms with Crippen LogP contribution in [0.4, 0.5) is 5.69 Å². The summed E-state index contributed by atoms with van der Waals surface area (Å²) in [5, 5.41) is 2.83. The Kier molecular flexibility index (Phi) is 7.37. The summed E-state index contributed by atoms with van der Waals surface area (Å²) >= 11 is 0. The SMILES string of the molecule is CCCCOc1ccc(/C=C\C(=O)NCC(C)C)cc1N. The molecule has 3 N–H and O–H groups in total. The van der Waals surface area contributed by atoms with E-state index in [2.05, 4.69) is 26.1 Å².